The molecule has 1 N–H and O–H groups in total. The van der Waals surface area contributed by atoms with E-state index in [-0.39, 0.29) is 0 Å². The van der Waals surface area contributed by atoms with Crippen molar-refractivity contribution in [2.24, 2.45) is 7.05 Å². The maximum absolute atomic E-state index is 4.27. The van der Waals surface area contributed by atoms with E-state index in [9.17, 15) is 0 Å². The second-order valence-electron chi connectivity index (χ2n) is 4.29. The molecule has 0 aliphatic carbocycles. The highest BCUT2D eigenvalue weighted by Gasteiger charge is 1.99. The van der Waals surface area contributed by atoms with E-state index in [0.29, 0.717) is 0 Å². The molecule has 0 fully saturated rings. The maximum Gasteiger partial charge on any atom is 0.122 e. The number of hydrogen-bond acceptors (Lipinski definition) is 3. The summed E-state index contributed by atoms with van der Waals surface area (Å²) in [6.45, 7) is 6.40. The van der Waals surface area contributed by atoms with Crippen molar-refractivity contribution in [3.05, 3.63) is 18.2 Å². The van der Waals surface area contributed by atoms with Crippen LogP contribution in [-0.2, 0) is 13.6 Å². The van der Waals surface area contributed by atoms with Crippen molar-refractivity contribution in [3.63, 3.8) is 0 Å². The first kappa shape index (κ1) is 13.2. The molecule has 0 bridgehead atoms. The van der Waals surface area contributed by atoms with E-state index in [1.807, 2.05) is 24.0 Å². The lowest BCUT2D eigenvalue weighted by Crippen LogP contribution is -2.30. The van der Waals surface area contributed by atoms with Crippen molar-refractivity contribution in [3.8, 4) is 0 Å². The molecule has 0 amide bonds. The molecule has 0 aliphatic heterocycles. The van der Waals surface area contributed by atoms with E-state index in [4.69, 9.17) is 0 Å². The molecule has 4 heteroatoms. The van der Waals surface area contributed by atoms with E-state index in [0.717, 1.165) is 25.5 Å². The third-order valence-corrected chi connectivity index (χ3v) is 2.77. The summed E-state index contributed by atoms with van der Waals surface area (Å²) >= 11 is 0. The van der Waals surface area contributed by atoms with Crippen LogP contribution in [0.5, 0.6) is 0 Å². The van der Waals surface area contributed by atoms with Crippen LogP contribution in [0.4, 0.5) is 0 Å². The number of nitrogens with zero attached hydrogens (tertiary/aromatic N) is 3. The van der Waals surface area contributed by atoms with E-state index in [1.54, 1.807) is 0 Å². The van der Waals surface area contributed by atoms with Crippen LogP contribution in [0.25, 0.3) is 0 Å². The molecule has 1 rings (SSSR count). The summed E-state index contributed by atoms with van der Waals surface area (Å²) in [5, 5.41) is 3.41. The van der Waals surface area contributed by atoms with Gasteiger partial charge in [0.1, 0.15) is 5.82 Å². The fraction of sp³-hybridized carbons (Fsp3) is 0.750. The third-order valence-electron chi connectivity index (χ3n) is 2.77. The Balaban J connectivity index is 2.06. The van der Waals surface area contributed by atoms with Gasteiger partial charge in [0.05, 0.1) is 6.54 Å². The Bertz CT molecular complexity index is 282. The molecule has 92 valence electrons. The maximum atomic E-state index is 4.27. The summed E-state index contributed by atoms with van der Waals surface area (Å²) in [5.74, 6) is 1.09. The van der Waals surface area contributed by atoms with Crippen LogP contribution < -0.4 is 5.32 Å². The van der Waals surface area contributed by atoms with Gasteiger partial charge >= 0.3 is 0 Å². The molecular weight excluding hydrogens is 200 g/mol. The van der Waals surface area contributed by atoms with Crippen molar-refractivity contribution >= 4 is 0 Å². The SMILES string of the molecule is CCCCN(C)CCNCc1nccn1C. The van der Waals surface area contributed by atoms with Gasteiger partial charge in [0.15, 0.2) is 0 Å². The Morgan fingerprint density at radius 1 is 1.44 bits per heavy atom. The summed E-state index contributed by atoms with van der Waals surface area (Å²) in [5.41, 5.74) is 0. The van der Waals surface area contributed by atoms with Crippen molar-refractivity contribution in [2.75, 3.05) is 26.7 Å². The van der Waals surface area contributed by atoms with Crippen LogP contribution in [0.2, 0.25) is 0 Å². The smallest absolute Gasteiger partial charge is 0.122 e. The van der Waals surface area contributed by atoms with Crippen molar-refractivity contribution in [1.29, 1.82) is 0 Å². The number of aromatic nitrogens is 2. The van der Waals surface area contributed by atoms with Crippen LogP contribution in [-0.4, -0.2) is 41.1 Å². The Morgan fingerprint density at radius 2 is 2.25 bits per heavy atom. The lowest BCUT2D eigenvalue weighted by Gasteiger charge is -2.16. The van der Waals surface area contributed by atoms with Crippen LogP contribution in [0.3, 0.4) is 0 Å². The van der Waals surface area contributed by atoms with Gasteiger partial charge in [-0.25, -0.2) is 4.98 Å². The Hall–Kier alpha value is -0.870. The predicted octanol–water partition coefficient (Wildman–Crippen LogP) is 1.24. The second kappa shape index (κ2) is 7.41. The quantitative estimate of drug-likeness (QED) is 0.675. The fourth-order valence-corrected chi connectivity index (χ4v) is 1.58. The number of imidazole rings is 1. The summed E-state index contributed by atoms with van der Waals surface area (Å²) in [4.78, 5) is 6.64. The third kappa shape index (κ3) is 4.77. The Kier molecular flexibility index (Phi) is 6.11. The van der Waals surface area contributed by atoms with Gasteiger partial charge in [-0.15, -0.1) is 0 Å². The molecule has 1 heterocycles. The zero-order chi connectivity index (χ0) is 11.8. The predicted molar refractivity (Wildman–Crippen MR) is 67.3 cm³/mol. The van der Waals surface area contributed by atoms with Gasteiger partial charge in [-0.3, -0.25) is 0 Å². The molecule has 4 nitrogen and oxygen atoms in total. The van der Waals surface area contributed by atoms with Crippen molar-refractivity contribution in [1.82, 2.24) is 19.8 Å². The van der Waals surface area contributed by atoms with Gasteiger partial charge in [0, 0.05) is 32.5 Å². The number of unbranched alkanes of at least 4 members (excludes halogenated alkanes) is 1. The molecule has 0 spiro atoms. The molecule has 1 aromatic rings. The van der Waals surface area contributed by atoms with Crippen LogP contribution >= 0.6 is 0 Å². The molecule has 0 saturated heterocycles. The summed E-state index contributed by atoms with van der Waals surface area (Å²) in [6, 6.07) is 0. The van der Waals surface area contributed by atoms with E-state index in [2.05, 4.69) is 29.2 Å². The zero-order valence-corrected chi connectivity index (χ0v) is 10.7. The van der Waals surface area contributed by atoms with Crippen LogP contribution in [0, 0.1) is 0 Å². The highest BCUT2D eigenvalue weighted by Crippen LogP contribution is 1.93. The molecule has 0 saturated carbocycles. The number of nitrogens with one attached hydrogen (secondary N) is 1. The van der Waals surface area contributed by atoms with Gasteiger partial charge in [0.25, 0.3) is 0 Å². The average Bonchev–Trinajstić information content (AvgIpc) is 2.67. The van der Waals surface area contributed by atoms with Gasteiger partial charge < -0.3 is 14.8 Å². The molecule has 1 aromatic heterocycles. The van der Waals surface area contributed by atoms with Crippen molar-refractivity contribution < 1.29 is 0 Å². The Labute approximate surface area is 98.7 Å². The Morgan fingerprint density at radius 3 is 2.88 bits per heavy atom. The zero-order valence-electron chi connectivity index (χ0n) is 10.7. The minimum absolute atomic E-state index is 0.852. The first-order chi connectivity index (χ1) is 7.74. The van der Waals surface area contributed by atoms with E-state index in [1.165, 1.54) is 19.4 Å². The minimum Gasteiger partial charge on any atom is -0.337 e. The molecule has 0 atom stereocenters. The molecular formula is C12H24N4. The number of hydrogen-bond donors (Lipinski definition) is 1. The standard InChI is InChI=1S/C12H24N4/c1-4-5-8-15(2)9-6-13-11-12-14-7-10-16(12)3/h7,10,13H,4-6,8-9,11H2,1-3H3. The van der Waals surface area contributed by atoms with Gasteiger partial charge in [-0.05, 0) is 20.0 Å². The molecule has 0 aromatic carbocycles. The minimum atomic E-state index is 0.852. The summed E-state index contributed by atoms with van der Waals surface area (Å²) in [6.07, 6.45) is 6.37. The van der Waals surface area contributed by atoms with Crippen molar-refractivity contribution in [2.45, 2.75) is 26.3 Å². The lowest BCUT2D eigenvalue weighted by atomic mass is 10.3. The van der Waals surface area contributed by atoms with Crippen LogP contribution in [0.15, 0.2) is 12.4 Å². The highest BCUT2D eigenvalue weighted by molar-refractivity contribution is 4.90. The average molecular weight is 224 g/mol. The molecule has 0 unspecified atom stereocenters. The van der Waals surface area contributed by atoms with Crippen LogP contribution in [0.1, 0.15) is 25.6 Å². The highest BCUT2D eigenvalue weighted by atomic mass is 15.1. The molecule has 0 aliphatic rings. The topological polar surface area (TPSA) is 33.1 Å². The van der Waals surface area contributed by atoms with E-state index < -0.39 is 0 Å². The number of rotatable bonds is 8. The van der Waals surface area contributed by atoms with E-state index >= 15 is 0 Å². The van der Waals surface area contributed by atoms with Gasteiger partial charge in [0.2, 0.25) is 0 Å². The monoisotopic (exact) mass is 224 g/mol. The fourth-order valence-electron chi connectivity index (χ4n) is 1.58. The molecule has 0 radical (unpaired) electrons. The number of likely N-dealkylation sites (N-methyl/N-ethyl adjacent to an activating group) is 1. The number of aryl methyl sites for hydroxylation is 1. The van der Waals surface area contributed by atoms with Gasteiger partial charge in [-0.2, -0.15) is 0 Å². The summed E-state index contributed by atoms with van der Waals surface area (Å²) in [7, 11) is 4.20. The summed E-state index contributed by atoms with van der Waals surface area (Å²) < 4.78 is 2.05. The first-order valence-corrected chi connectivity index (χ1v) is 6.09. The second-order valence-corrected chi connectivity index (χ2v) is 4.29. The first-order valence-electron chi connectivity index (χ1n) is 6.09. The van der Waals surface area contributed by atoms with Gasteiger partial charge in [-0.1, -0.05) is 13.3 Å². The normalized spacial score (nSPS) is 11.2. The lowest BCUT2D eigenvalue weighted by molar-refractivity contribution is 0.325. The molecule has 16 heavy (non-hydrogen) atoms. The largest absolute Gasteiger partial charge is 0.337 e.